The Hall–Kier alpha value is -1.64. The van der Waals surface area contributed by atoms with Crippen LogP contribution in [0.4, 0.5) is 0 Å². The van der Waals surface area contributed by atoms with Gasteiger partial charge in [-0.25, -0.2) is 0 Å². The summed E-state index contributed by atoms with van der Waals surface area (Å²) >= 11 is 4.01. The zero-order valence-corrected chi connectivity index (χ0v) is 26.6. The molecule has 0 N–H and O–H groups in total. The number of unbranched alkanes of at least 4 members (excludes halogenated alkanes) is 2. The van der Waals surface area contributed by atoms with Crippen LogP contribution < -0.4 is 0 Å². The van der Waals surface area contributed by atoms with E-state index in [2.05, 4.69) is 74.2 Å². The fraction of sp³-hybridized carbons (Fsp3) is 0.471. The van der Waals surface area contributed by atoms with Crippen LogP contribution in [-0.4, -0.2) is 10.0 Å². The Kier molecular flexibility index (Phi) is 9.65. The summed E-state index contributed by atoms with van der Waals surface area (Å²) in [4.78, 5) is 5.88. The summed E-state index contributed by atoms with van der Waals surface area (Å²) in [7, 11) is 3.56. The zero-order chi connectivity index (χ0) is 26.5. The van der Waals surface area contributed by atoms with Gasteiger partial charge in [-0.15, -0.1) is 22.7 Å². The molecule has 1 aromatic carbocycles. The molecule has 38 heavy (non-hydrogen) atoms. The third-order valence-corrected chi connectivity index (χ3v) is 12.1. The lowest BCUT2D eigenvalue weighted by molar-refractivity contribution is 0.452. The van der Waals surface area contributed by atoms with Gasteiger partial charge in [-0.2, -0.15) is 0 Å². The zero-order valence-electron chi connectivity index (χ0n) is 23.3. The molecule has 0 bridgehead atoms. The number of fused-ring (bicyclic) bond motifs is 2. The van der Waals surface area contributed by atoms with E-state index in [1.807, 2.05) is 22.7 Å². The Morgan fingerprint density at radius 2 is 1.08 bits per heavy atom. The fourth-order valence-corrected chi connectivity index (χ4v) is 9.99. The molecular weight excluding hydrogens is 537 g/mol. The van der Waals surface area contributed by atoms with E-state index in [-0.39, 0.29) is 0 Å². The first-order chi connectivity index (χ1) is 18.7. The van der Waals surface area contributed by atoms with E-state index in [1.165, 1.54) is 115 Å². The number of hydrogen-bond acceptors (Lipinski definition) is 2. The van der Waals surface area contributed by atoms with Gasteiger partial charge in [-0.05, 0) is 48.9 Å². The van der Waals surface area contributed by atoms with E-state index in [0.29, 0.717) is 0 Å². The molecule has 0 amide bonds. The monoisotopic (exact) mass is 576 g/mol. The highest BCUT2D eigenvalue weighted by Gasteiger charge is 2.22. The molecule has 2 aliphatic heterocycles. The summed E-state index contributed by atoms with van der Waals surface area (Å²) in [5.41, 5.74) is 5.54. The molecule has 0 saturated carbocycles. The maximum Gasteiger partial charge on any atom is 0.0533 e. The third kappa shape index (κ3) is 5.92. The molecule has 2 aliphatic rings. The van der Waals surface area contributed by atoms with Crippen molar-refractivity contribution in [3.63, 3.8) is 0 Å². The van der Waals surface area contributed by atoms with E-state index in [1.54, 1.807) is 21.9 Å². The van der Waals surface area contributed by atoms with Crippen molar-refractivity contribution in [3.8, 4) is 20.9 Å². The minimum absolute atomic E-state index is 0.802. The molecule has 3 aromatic rings. The van der Waals surface area contributed by atoms with E-state index in [9.17, 15) is 0 Å². The third-order valence-electron chi connectivity index (χ3n) is 8.09. The first kappa shape index (κ1) is 27.9. The molecular formula is C34H40S4. The second kappa shape index (κ2) is 13.1. The molecule has 0 radical (unpaired) electrons. The normalized spacial score (nSPS) is 14.4. The maximum absolute atomic E-state index is 3.51. The minimum atomic E-state index is 0.802. The Labute approximate surface area is 244 Å². The molecule has 0 nitrogen and oxygen atoms in total. The second-order valence-corrected chi connectivity index (χ2v) is 14.8. The van der Waals surface area contributed by atoms with Crippen molar-refractivity contribution in [2.45, 2.75) is 91.9 Å². The van der Waals surface area contributed by atoms with Crippen molar-refractivity contribution in [3.05, 3.63) is 54.2 Å². The molecule has 0 aliphatic carbocycles. The van der Waals surface area contributed by atoms with Gasteiger partial charge in [0.05, 0.1) is 9.02 Å². The minimum Gasteiger partial charge on any atom is -0.140 e. The Morgan fingerprint density at radius 1 is 0.632 bits per heavy atom. The van der Waals surface area contributed by atoms with Crippen LogP contribution in [0.25, 0.3) is 33.0 Å². The largest absolute Gasteiger partial charge is 0.140 e. The van der Waals surface area contributed by atoms with Crippen LogP contribution >= 0.6 is 44.6 Å². The summed E-state index contributed by atoms with van der Waals surface area (Å²) < 4.78 is 2.77. The van der Waals surface area contributed by atoms with E-state index in [0.717, 1.165) is 11.8 Å². The molecule has 200 valence electrons. The van der Waals surface area contributed by atoms with E-state index in [4.69, 9.17) is 0 Å². The molecule has 4 heterocycles. The average molecular weight is 577 g/mol. The first-order valence-corrected chi connectivity index (χ1v) is 17.9. The summed E-state index contributed by atoms with van der Waals surface area (Å²) in [5.74, 6) is 1.60. The average Bonchev–Trinajstić information content (AvgIpc) is 3.75. The van der Waals surface area contributed by atoms with Crippen molar-refractivity contribution < 1.29 is 0 Å². The van der Waals surface area contributed by atoms with E-state index < -0.39 is 0 Å². The molecule has 2 aromatic heterocycles. The molecule has 0 spiro atoms. The Balaban J connectivity index is 1.50. The smallest absolute Gasteiger partial charge is 0.0533 e. The predicted molar refractivity (Wildman–Crippen MR) is 179 cm³/mol. The van der Waals surface area contributed by atoms with Crippen LogP contribution in [0.2, 0.25) is 0 Å². The van der Waals surface area contributed by atoms with Crippen LogP contribution in [0.5, 0.6) is 0 Å². The van der Waals surface area contributed by atoms with Crippen LogP contribution in [0, 0.1) is 20.9 Å². The lowest BCUT2D eigenvalue weighted by atomic mass is 9.94. The SMILES string of the molecule is CCCCC(CC)Cc1ccc(-c2c3c(c(-c4ccc(CC(CC)CCCC)s4)c4c2=S=C=C4)=S=C=C3)s1. The molecule has 5 rings (SSSR count). The summed E-state index contributed by atoms with van der Waals surface area (Å²) in [5, 5.41) is 7.02. The quantitative estimate of drug-likeness (QED) is 0.115. The summed E-state index contributed by atoms with van der Waals surface area (Å²) in [6.07, 6.45) is 17.4. The van der Waals surface area contributed by atoms with Crippen molar-refractivity contribution in [2.75, 3.05) is 0 Å². The van der Waals surface area contributed by atoms with Gasteiger partial charge in [0.25, 0.3) is 0 Å². The number of hydrogen-bond donors (Lipinski definition) is 0. The maximum atomic E-state index is 3.51. The predicted octanol–water partition coefficient (Wildman–Crippen LogP) is 11.5. The van der Waals surface area contributed by atoms with Gasteiger partial charge < -0.3 is 0 Å². The van der Waals surface area contributed by atoms with Crippen LogP contribution in [0.15, 0.2) is 24.3 Å². The van der Waals surface area contributed by atoms with Crippen LogP contribution in [0.3, 0.4) is 0 Å². The van der Waals surface area contributed by atoms with Crippen molar-refractivity contribution in [1.29, 1.82) is 0 Å². The number of thiophene rings is 2. The molecule has 4 heteroatoms. The highest BCUT2D eigenvalue weighted by atomic mass is 32.1. The van der Waals surface area contributed by atoms with Crippen LogP contribution in [0.1, 0.15) is 99.9 Å². The molecule has 2 unspecified atom stereocenters. The van der Waals surface area contributed by atoms with Gasteiger partial charge >= 0.3 is 0 Å². The standard InChI is InChI=1S/C34H40S4/c1-5-9-11-23(7-3)21-25-13-15-29(37-25)31-27-17-19-36-34(27)32(28-18-20-35-33(28)31)30-16-14-26(38-30)22-24(8-4)12-10-6-2/h13-18,23-24H,5-12,21-22H2,1-4H3. The van der Waals surface area contributed by atoms with Crippen LogP contribution in [-0.2, 0) is 12.8 Å². The fourth-order valence-electron chi connectivity index (χ4n) is 5.71. The highest BCUT2D eigenvalue weighted by Crippen LogP contribution is 2.44. The van der Waals surface area contributed by atoms with E-state index >= 15 is 0 Å². The van der Waals surface area contributed by atoms with Crippen molar-refractivity contribution in [2.24, 2.45) is 11.8 Å². The van der Waals surface area contributed by atoms with Gasteiger partial charge in [0.15, 0.2) is 0 Å². The summed E-state index contributed by atoms with van der Waals surface area (Å²) in [6, 6.07) is 9.54. The summed E-state index contributed by atoms with van der Waals surface area (Å²) in [6.45, 7) is 9.32. The Bertz CT molecular complexity index is 1450. The van der Waals surface area contributed by atoms with Gasteiger partial charge in [-0.3, -0.25) is 0 Å². The molecule has 2 atom stereocenters. The lowest BCUT2D eigenvalue weighted by Crippen LogP contribution is -2.01. The molecule has 0 saturated heterocycles. The first-order valence-electron chi connectivity index (χ1n) is 14.6. The Morgan fingerprint density at radius 3 is 1.47 bits per heavy atom. The van der Waals surface area contributed by atoms with Crippen molar-refractivity contribution in [1.82, 2.24) is 0 Å². The highest BCUT2D eigenvalue weighted by molar-refractivity contribution is 7.90. The van der Waals surface area contributed by atoms with Gasteiger partial charge in [0, 0.05) is 53.9 Å². The number of benzene rings is 1. The van der Waals surface area contributed by atoms with Gasteiger partial charge in [0.2, 0.25) is 0 Å². The van der Waals surface area contributed by atoms with Gasteiger partial charge in [0.1, 0.15) is 0 Å². The topological polar surface area (TPSA) is 0 Å². The van der Waals surface area contributed by atoms with Gasteiger partial charge in [-0.1, -0.05) is 111 Å². The van der Waals surface area contributed by atoms with Crippen molar-refractivity contribution >= 4 is 66.8 Å². The second-order valence-electron chi connectivity index (χ2n) is 10.7. The molecule has 0 fully saturated rings. The lowest BCUT2D eigenvalue weighted by Gasteiger charge is -2.13. The number of rotatable bonds is 14.